The number of rotatable bonds is 5. The van der Waals surface area contributed by atoms with Crippen LogP contribution in [0.25, 0.3) is 0 Å². The average Bonchev–Trinajstić information content (AvgIpc) is 3.23. The fraction of sp³-hybridized carbons (Fsp3) is 0.375. The number of carbonyl (C=O) groups is 1. The molecule has 0 spiro atoms. The number of amides is 1. The second-order valence-electron chi connectivity index (χ2n) is 5.27. The molecule has 1 amide bonds. The Morgan fingerprint density at radius 1 is 1.41 bits per heavy atom. The highest BCUT2D eigenvalue weighted by molar-refractivity contribution is 7.07. The summed E-state index contributed by atoms with van der Waals surface area (Å²) in [4.78, 5) is 18.3. The van der Waals surface area contributed by atoms with E-state index in [4.69, 9.17) is 4.74 Å². The van der Waals surface area contributed by atoms with Gasteiger partial charge in [-0.25, -0.2) is 4.98 Å². The van der Waals surface area contributed by atoms with Crippen molar-refractivity contribution in [2.75, 3.05) is 13.2 Å². The van der Waals surface area contributed by atoms with Gasteiger partial charge in [-0.2, -0.15) is 0 Å². The van der Waals surface area contributed by atoms with Gasteiger partial charge in [-0.15, -0.1) is 11.3 Å². The van der Waals surface area contributed by atoms with Gasteiger partial charge in [-0.05, 0) is 37.1 Å². The molecule has 116 valence electrons. The minimum absolute atomic E-state index is 0.0254. The first-order chi connectivity index (χ1) is 10.8. The molecule has 22 heavy (non-hydrogen) atoms. The van der Waals surface area contributed by atoms with Gasteiger partial charge in [0.25, 0.3) is 5.91 Å². The molecule has 1 aliphatic heterocycles. The van der Waals surface area contributed by atoms with Gasteiger partial charge in [0.2, 0.25) is 0 Å². The third-order valence-electron chi connectivity index (χ3n) is 3.82. The van der Waals surface area contributed by atoms with Crippen LogP contribution in [0, 0.1) is 0 Å². The zero-order valence-corrected chi connectivity index (χ0v) is 13.0. The molecule has 1 N–H and O–H groups in total. The van der Waals surface area contributed by atoms with E-state index in [1.165, 1.54) is 11.3 Å². The Morgan fingerprint density at radius 2 is 2.23 bits per heavy atom. The number of ether oxygens (including phenoxy) is 1. The van der Waals surface area contributed by atoms with Gasteiger partial charge in [0.15, 0.2) is 0 Å². The highest BCUT2D eigenvalue weighted by Gasteiger charge is 2.28. The second kappa shape index (κ2) is 6.89. The first-order valence-corrected chi connectivity index (χ1v) is 8.24. The molecular weight excluding hydrogens is 300 g/mol. The number of aliphatic hydroxyl groups is 1. The van der Waals surface area contributed by atoms with Gasteiger partial charge in [-0.1, -0.05) is 0 Å². The van der Waals surface area contributed by atoms with Crippen molar-refractivity contribution in [1.29, 1.82) is 0 Å². The number of benzene rings is 1. The maximum absolute atomic E-state index is 12.4. The smallest absolute Gasteiger partial charge is 0.254 e. The van der Waals surface area contributed by atoms with Crippen molar-refractivity contribution in [3.8, 4) is 5.75 Å². The van der Waals surface area contributed by atoms with Crippen molar-refractivity contribution < 1.29 is 14.6 Å². The van der Waals surface area contributed by atoms with Crippen LogP contribution in [0.3, 0.4) is 0 Å². The fourth-order valence-corrected chi connectivity index (χ4v) is 3.16. The van der Waals surface area contributed by atoms with Crippen LogP contribution >= 0.6 is 11.3 Å². The van der Waals surface area contributed by atoms with Crippen LogP contribution in [0.1, 0.15) is 28.9 Å². The maximum Gasteiger partial charge on any atom is 0.254 e. The van der Waals surface area contributed by atoms with Crippen LogP contribution in [0.15, 0.2) is 35.2 Å². The van der Waals surface area contributed by atoms with E-state index in [1.807, 2.05) is 5.38 Å². The van der Waals surface area contributed by atoms with Crippen LogP contribution in [0.5, 0.6) is 5.75 Å². The molecule has 2 heterocycles. The largest absolute Gasteiger partial charge is 0.487 e. The molecule has 1 saturated heterocycles. The van der Waals surface area contributed by atoms with Crippen LogP contribution < -0.4 is 4.74 Å². The Bertz CT molecular complexity index is 613. The number of carbonyl (C=O) groups excluding carboxylic acids is 1. The molecule has 1 atom stereocenters. The summed E-state index contributed by atoms with van der Waals surface area (Å²) >= 11 is 1.54. The molecule has 1 aliphatic rings. The van der Waals surface area contributed by atoms with Crippen molar-refractivity contribution in [3.63, 3.8) is 0 Å². The molecule has 0 saturated carbocycles. The van der Waals surface area contributed by atoms with Crippen molar-refractivity contribution in [1.82, 2.24) is 9.88 Å². The van der Waals surface area contributed by atoms with Gasteiger partial charge < -0.3 is 14.7 Å². The van der Waals surface area contributed by atoms with E-state index < -0.39 is 0 Å². The molecule has 0 unspecified atom stereocenters. The summed E-state index contributed by atoms with van der Waals surface area (Å²) in [6.07, 6.45) is 1.82. The molecule has 1 aromatic heterocycles. The molecule has 0 aliphatic carbocycles. The van der Waals surface area contributed by atoms with Gasteiger partial charge in [0.05, 0.1) is 23.9 Å². The first-order valence-electron chi connectivity index (χ1n) is 7.29. The van der Waals surface area contributed by atoms with Crippen LogP contribution in [0.2, 0.25) is 0 Å². The quantitative estimate of drug-likeness (QED) is 0.919. The lowest BCUT2D eigenvalue weighted by molar-refractivity contribution is 0.0677. The number of hydrogen-bond acceptors (Lipinski definition) is 5. The number of hydrogen-bond donors (Lipinski definition) is 1. The summed E-state index contributed by atoms with van der Waals surface area (Å²) < 4.78 is 5.63. The lowest BCUT2D eigenvalue weighted by atomic mass is 10.1. The van der Waals surface area contributed by atoms with E-state index >= 15 is 0 Å². The Morgan fingerprint density at radius 3 is 2.91 bits per heavy atom. The van der Waals surface area contributed by atoms with Gasteiger partial charge in [0.1, 0.15) is 12.4 Å². The lowest BCUT2D eigenvalue weighted by Gasteiger charge is -2.23. The lowest BCUT2D eigenvalue weighted by Crippen LogP contribution is -2.37. The summed E-state index contributed by atoms with van der Waals surface area (Å²) in [5.41, 5.74) is 3.29. The zero-order chi connectivity index (χ0) is 15.4. The molecule has 2 aromatic rings. The topological polar surface area (TPSA) is 62.7 Å². The van der Waals surface area contributed by atoms with Crippen molar-refractivity contribution in [2.45, 2.75) is 25.5 Å². The number of aromatic nitrogens is 1. The Kier molecular flexibility index (Phi) is 4.70. The zero-order valence-electron chi connectivity index (χ0n) is 12.1. The third-order valence-corrected chi connectivity index (χ3v) is 4.46. The number of likely N-dealkylation sites (tertiary alicyclic amines) is 1. The predicted octanol–water partition coefficient (Wildman–Crippen LogP) is 2.32. The SMILES string of the molecule is O=C(c1ccc(OCc2cscn2)cc1)N1CCC[C@@H]1CO. The Labute approximate surface area is 133 Å². The number of aliphatic hydroxyl groups excluding tert-OH is 1. The second-order valence-corrected chi connectivity index (χ2v) is 5.99. The highest BCUT2D eigenvalue weighted by atomic mass is 32.1. The van der Waals surface area contributed by atoms with Crippen LogP contribution in [0.4, 0.5) is 0 Å². The summed E-state index contributed by atoms with van der Waals surface area (Å²) in [6.45, 7) is 1.17. The molecule has 5 nitrogen and oxygen atoms in total. The monoisotopic (exact) mass is 318 g/mol. The predicted molar refractivity (Wildman–Crippen MR) is 84.0 cm³/mol. The molecule has 1 aromatic carbocycles. The van der Waals surface area contributed by atoms with Crippen LogP contribution in [-0.4, -0.2) is 40.1 Å². The molecular formula is C16H18N2O3S. The van der Waals surface area contributed by atoms with E-state index in [2.05, 4.69) is 4.98 Å². The summed E-state index contributed by atoms with van der Waals surface area (Å²) in [6, 6.07) is 7.08. The fourth-order valence-electron chi connectivity index (χ4n) is 2.62. The highest BCUT2D eigenvalue weighted by Crippen LogP contribution is 2.21. The summed E-state index contributed by atoms with van der Waals surface area (Å²) in [5, 5.41) is 11.3. The van der Waals surface area contributed by atoms with E-state index in [0.717, 1.165) is 18.5 Å². The summed E-state index contributed by atoms with van der Waals surface area (Å²) in [5.74, 6) is 0.687. The molecule has 6 heteroatoms. The average molecular weight is 318 g/mol. The maximum atomic E-state index is 12.4. The normalized spacial score (nSPS) is 17.7. The van der Waals surface area contributed by atoms with Crippen molar-refractivity contribution >= 4 is 17.2 Å². The van der Waals surface area contributed by atoms with E-state index in [-0.39, 0.29) is 18.6 Å². The first kappa shape index (κ1) is 15.0. The van der Waals surface area contributed by atoms with Crippen LogP contribution in [-0.2, 0) is 6.61 Å². The van der Waals surface area contributed by atoms with Crippen molar-refractivity contribution in [2.24, 2.45) is 0 Å². The van der Waals surface area contributed by atoms with E-state index in [1.54, 1.807) is 34.7 Å². The van der Waals surface area contributed by atoms with Gasteiger partial charge >= 0.3 is 0 Å². The minimum Gasteiger partial charge on any atom is -0.487 e. The van der Waals surface area contributed by atoms with Gasteiger partial charge in [0, 0.05) is 17.5 Å². The molecule has 3 rings (SSSR count). The van der Waals surface area contributed by atoms with E-state index in [0.29, 0.717) is 24.5 Å². The molecule has 0 radical (unpaired) electrons. The van der Waals surface area contributed by atoms with Gasteiger partial charge in [-0.3, -0.25) is 4.79 Å². The number of thiazole rings is 1. The molecule has 1 fully saturated rings. The minimum atomic E-state index is -0.0481. The number of nitrogens with zero attached hydrogens (tertiary/aromatic N) is 2. The van der Waals surface area contributed by atoms with E-state index in [9.17, 15) is 9.90 Å². The molecule has 0 bridgehead atoms. The Balaban J connectivity index is 1.62. The standard InChI is InChI=1S/C16H18N2O3S/c19-8-14-2-1-7-18(14)16(20)12-3-5-15(6-4-12)21-9-13-10-22-11-17-13/h3-6,10-11,14,19H,1-2,7-9H2/t14-/m1/s1. The van der Waals surface area contributed by atoms with Crippen molar-refractivity contribution in [3.05, 3.63) is 46.4 Å². The summed E-state index contributed by atoms with van der Waals surface area (Å²) in [7, 11) is 0. The Hall–Kier alpha value is -1.92. The third kappa shape index (κ3) is 3.28.